The third kappa shape index (κ3) is 2.73. The van der Waals surface area contributed by atoms with Gasteiger partial charge in [-0.25, -0.2) is 8.78 Å². The summed E-state index contributed by atoms with van der Waals surface area (Å²) in [5, 5.41) is 0. The van der Waals surface area contributed by atoms with Gasteiger partial charge in [-0.2, -0.15) is 0 Å². The molecule has 4 nitrogen and oxygen atoms in total. The molecule has 0 spiro atoms. The van der Waals surface area contributed by atoms with Crippen molar-refractivity contribution in [2.45, 2.75) is 13.0 Å². The Kier molecular flexibility index (Phi) is 4.14. The molecule has 0 aliphatic carbocycles. The standard InChI is InChI=1S/C16H20F2N2O2/c1-10-3-4-13(17)14(15(10)18)16(21)20-6-11-5-19(2)7-12(20)9-22-8-11/h3-4,11-12H,5-9H2,1-2H3/t11-,12-/m0/s1. The summed E-state index contributed by atoms with van der Waals surface area (Å²) >= 11 is 0. The first-order valence-corrected chi connectivity index (χ1v) is 7.49. The number of likely N-dealkylation sites (N-methyl/N-ethyl adjacent to an activating group) is 1. The molecule has 0 saturated carbocycles. The van der Waals surface area contributed by atoms with Crippen LogP contribution in [0.15, 0.2) is 12.1 Å². The van der Waals surface area contributed by atoms with Crippen LogP contribution in [0.4, 0.5) is 8.78 Å². The Labute approximate surface area is 128 Å². The van der Waals surface area contributed by atoms with Crippen molar-refractivity contribution in [2.24, 2.45) is 5.92 Å². The lowest BCUT2D eigenvalue weighted by Crippen LogP contribution is -2.46. The van der Waals surface area contributed by atoms with E-state index in [1.54, 1.807) is 4.90 Å². The molecule has 0 unspecified atom stereocenters. The summed E-state index contributed by atoms with van der Waals surface area (Å²) in [5.41, 5.74) is -0.175. The molecule has 120 valence electrons. The topological polar surface area (TPSA) is 32.8 Å². The summed E-state index contributed by atoms with van der Waals surface area (Å²) < 4.78 is 33.9. The Morgan fingerprint density at radius 3 is 2.77 bits per heavy atom. The minimum atomic E-state index is -0.804. The maximum atomic E-state index is 14.3. The number of benzene rings is 1. The number of aryl methyl sites for hydroxylation is 1. The predicted octanol–water partition coefficient (Wildman–Crippen LogP) is 1.68. The average molecular weight is 310 g/mol. The van der Waals surface area contributed by atoms with E-state index in [9.17, 15) is 13.6 Å². The van der Waals surface area contributed by atoms with Crippen LogP contribution in [0.3, 0.4) is 0 Å². The second-order valence-corrected chi connectivity index (χ2v) is 6.29. The molecule has 2 saturated heterocycles. The van der Waals surface area contributed by atoms with E-state index >= 15 is 0 Å². The number of ether oxygens (including phenoxy) is 1. The SMILES string of the molecule is Cc1ccc(F)c(C(=O)N2C[C@H]3COC[C@@H]2CN(C)C3)c1F. The summed E-state index contributed by atoms with van der Waals surface area (Å²) in [6.45, 7) is 4.45. The summed E-state index contributed by atoms with van der Waals surface area (Å²) in [4.78, 5) is 16.5. The first-order chi connectivity index (χ1) is 10.5. The van der Waals surface area contributed by atoms with E-state index in [0.717, 1.165) is 12.6 Å². The molecule has 2 aliphatic heterocycles. The second-order valence-electron chi connectivity index (χ2n) is 6.29. The normalized spacial score (nSPS) is 25.9. The molecule has 1 aromatic rings. The number of amides is 1. The zero-order valence-electron chi connectivity index (χ0n) is 12.8. The fourth-order valence-electron chi connectivity index (χ4n) is 3.32. The second kappa shape index (κ2) is 5.93. The number of fused-ring (bicyclic) bond motifs is 3. The van der Waals surface area contributed by atoms with E-state index in [-0.39, 0.29) is 17.5 Å². The van der Waals surface area contributed by atoms with Gasteiger partial charge in [0.05, 0.1) is 19.3 Å². The molecule has 2 bridgehead atoms. The highest BCUT2D eigenvalue weighted by molar-refractivity contribution is 5.95. The van der Waals surface area contributed by atoms with E-state index in [4.69, 9.17) is 4.74 Å². The van der Waals surface area contributed by atoms with Crippen LogP contribution >= 0.6 is 0 Å². The van der Waals surface area contributed by atoms with Crippen LogP contribution in [0, 0.1) is 24.5 Å². The smallest absolute Gasteiger partial charge is 0.260 e. The van der Waals surface area contributed by atoms with Crippen molar-refractivity contribution in [1.29, 1.82) is 0 Å². The lowest BCUT2D eigenvalue weighted by molar-refractivity contribution is 0.0478. The molecule has 1 aromatic carbocycles. The van der Waals surface area contributed by atoms with Gasteiger partial charge >= 0.3 is 0 Å². The zero-order valence-corrected chi connectivity index (χ0v) is 12.8. The van der Waals surface area contributed by atoms with Gasteiger partial charge in [-0.3, -0.25) is 4.79 Å². The number of rotatable bonds is 1. The van der Waals surface area contributed by atoms with Gasteiger partial charge in [0, 0.05) is 25.6 Å². The van der Waals surface area contributed by atoms with E-state index in [2.05, 4.69) is 4.90 Å². The lowest BCUT2D eigenvalue weighted by Gasteiger charge is -2.30. The summed E-state index contributed by atoms with van der Waals surface area (Å²) in [6.07, 6.45) is 0. The fraction of sp³-hybridized carbons (Fsp3) is 0.562. The summed E-state index contributed by atoms with van der Waals surface area (Å²) in [5.74, 6) is -1.98. The summed E-state index contributed by atoms with van der Waals surface area (Å²) in [6, 6.07) is 2.32. The van der Waals surface area contributed by atoms with E-state index < -0.39 is 23.1 Å². The number of carbonyl (C=O) groups excluding carboxylic acids is 1. The average Bonchev–Trinajstić information content (AvgIpc) is 2.73. The minimum Gasteiger partial charge on any atom is -0.379 e. The first-order valence-electron chi connectivity index (χ1n) is 7.49. The van der Waals surface area contributed by atoms with Gasteiger partial charge in [0.25, 0.3) is 5.91 Å². The van der Waals surface area contributed by atoms with E-state index in [1.807, 2.05) is 7.05 Å². The highest BCUT2D eigenvalue weighted by Crippen LogP contribution is 2.24. The Balaban J connectivity index is 1.96. The zero-order chi connectivity index (χ0) is 15.9. The molecule has 0 aromatic heterocycles. The summed E-state index contributed by atoms with van der Waals surface area (Å²) in [7, 11) is 1.99. The molecule has 3 rings (SSSR count). The molecule has 1 amide bonds. The van der Waals surface area contributed by atoms with Gasteiger partial charge in [0.2, 0.25) is 0 Å². The maximum absolute atomic E-state index is 14.3. The largest absolute Gasteiger partial charge is 0.379 e. The Bertz CT molecular complexity index is 594. The van der Waals surface area contributed by atoms with E-state index in [0.29, 0.717) is 26.3 Å². The number of carbonyl (C=O) groups is 1. The third-order valence-electron chi connectivity index (χ3n) is 4.41. The van der Waals surface area contributed by atoms with Crippen molar-refractivity contribution in [1.82, 2.24) is 9.80 Å². The van der Waals surface area contributed by atoms with Crippen LogP contribution in [0.25, 0.3) is 0 Å². The van der Waals surface area contributed by atoms with Gasteiger partial charge in [-0.1, -0.05) is 6.07 Å². The van der Waals surface area contributed by atoms with Crippen LogP contribution < -0.4 is 0 Å². The van der Waals surface area contributed by atoms with Gasteiger partial charge in [0.1, 0.15) is 17.2 Å². The molecule has 22 heavy (non-hydrogen) atoms. The van der Waals surface area contributed by atoms with E-state index in [1.165, 1.54) is 13.0 Å². The number of nitrogens with zero attached hydrogens (tertiary/aromatic N) is 2. The molecule has 6 heteroatoms. The predicted molar refractivity (Wildman–Crippen MR) is 77.7 cm³/mol. The molecule has 2 fully saturated rings. The van der Waals surface area contributed by atoms with Crippen LogP contribution in [0.5, 0.6) is 0 Å². The highest BCUT2D eigenvalue weighted by atomic mass is 19.1. The molecule has 0 radical (unpaired) electrons. The van der Waals surface area contributed by atoms with Crippen molar-refractivity contribution >= 4 is 5.91 Å². The van der Waals surface area contributed by atoms with Gasteiger partial charge < -0.3 is 14.5 Å². The minimum absolute atomic E-state index is 0.164. The van der Waals surface area contributed by atoms with Crippen molar-refractivity contribution in [3.63, 3.8) is 0 Å². The third-order valence-corrected chi connectivity index (χ3v) is 4.41. The highest BCUT2D eigenvalue weighted by Gasteiger charge is 2.36. The van der Waals surface area contributed by atoms with Crippen LogP contribution in [0.2, 0.25) is 0 Å². The quantitative estimate of drug-likeness (QED) is 0.791. The monoisotopic (exact) mass is 310 g/mol. The van der Waals surface area contributed by atoms with Gasteiger partial charge in [-0.05, 0) is 25.6 Å². The van der Waals surface area contributed by atoms with Crippen molar-refractivity contribution < 1.29 is 18.3 Å². The Morgan fingerprint density at radius 2 is 2.00 bits per heavy atom. The Hall–Kier alpha value is -1.53. The lowest BCUT2D eigenvalue weighted by atomic mass is 10.1. The van der Waals surface area contributed by atoms with Crippen molar-refractivity contribution in [2.75, 3.05) is 39.9 Å². The van der Waals surface area contributed by atoms with Crippen LogP contribution in [0.1, 0.15) is 15.9 Å². The molecular formula is C16H20F2N2O2. The van der Waals surface area contributed by atoms with Crippen molar-refractivity contribution in [3.8, 4) is 0 Å². The van der Waals surface area contributed by atoms with Gasteiger partial charge in [-0.15, -0.1) is 0 Å². The molecule has 2 aliphatic rings. The molecule has 0 N–H and O–H groups in total. The Morgan fingerprint density at radius 1 is 1.23 bits per heavy atom. The molecule has 2 heterocycles. The number of hydrogen-bond donors (Lipinski definition) is 0. The number of hydrogen-bond acceptors (Lipinski definition) is 3. The van der Waals surface area contributed by atoms with Crippen LogP contribution in [-0.2, 0) is 4.74 Å². The first kappa shape index (κ1) is 15.4. The number of halogens is 2. The molecular weight excluding hydrogens is 290 g/mol. The van der Waals surface area contributed by atoms with Gasteiger partial charge in [0.15, 0.2) is 0 Å². The van der Waals surface area contributed by atoms with Crippen molar-refractivity contribution in [3.05, 3.63) is 34.9 Å². The maximum Gasteiger partial charge on any atom is 0.260 e. The fourth-order valence-corrected chi connectivity index (χ4v) is 3.32. The van der Waals surface area contributed by atoms with Crippen LogP contribution in [-0.4, -0.2) is 61.6 Å². The molecule has 2 atom stereocenters.